The second-order valence-corrected chi connectivity index (χ2v) is 8.18. The summed E-state index contributed by atoms with van der Waals surface area (Å²) in [5, 5.41) is 7.03. The summed E-state index contributed by atoms with van der Waals surface area (Å²) in [5.41, 5.74) is 3.06. The maximum Gasteiger partial charge on any atom is 0.343 e. The van der Waals surface area contributed by atoms with E-state index in [-0.39, 0.29) is 34.5 Å². The summed E-state index contributed by atoms with van der Waals surface area (Å²) < 4.78 is 17.2. The van der Waals surface area contributed by atoms with Crippen molar-refractivity contribution in [2.75, 3.05) is 18.7 Å². The lowest BCUT2D eigenvalue weighted by atomic mass is 10.1. The van der Waals surface area contributed by atoms with Crippen LogP contribution in [0.4, 0.5) is 5.69 Å². The number of rotatable bonds is 7. The zero-order chi connectivity index (χ0) is 24.4. The fraction of sp³-hybridized carbons (Fsp3) is 0.250. The van der Waals surface area contributed by atoms with Gasteiger partial charge in [-0.15, -0.1) is 0 Å². The number of nitrogens with zero attached hydrogens (tertiary/aromatic N) is 2. The summed E-state index contributed by atoms with van der Waals surface area (Å²) in [5.74, 6) is -0.849. The Morgan fingerprint density at radius 3 is 2.47 bits per heavy atom. The molecule has 0 atom stereocenters. The van der Waals surface area contributed by atoms with Crippen molar-refractivity contribution in [1.29, 1.82) is 0 Å². The number of benzene rings is 2. The first-order valence-corrected chi connectivity index (χ1v) is 10.8. The van der Waals surface area contributed by atoms with E-state index in [0.29, 0.717) is 23.7 Å². The van der Waals surface area contributed by atoms with Gasteiger partial charge < -0.3 is 19.5 Å². The van der Waals surface area contributed by atoms with Gasteiger partial charge >= 0.3 is 5.97 Å². The number of ether oxygens (including phenoxy) is 3. The van der Waals surface area contributed by atoms with Crippen molar-refractivity contribution in [3.05, 3.63) is 69.5 Å². The minimum atomic E-state index is -0.773. The minimum Gasteiger partial charge on any atom is -0.454 e. The fourth-order valence-corrected chi connectivity index (χ4v) is 3.79. The molecular formula is C24H22ClN3O6. The Kier molecular flexibility index (Phi) is 6.56. The Balaban J connectivity index is 1.42. The van der Waals surface area contributed by atoms with Crippen molar-refractivity contribution in [2.24, 2.45) is 0 Å². The van der Waals surface area contributed by atoms with Gasteiger partial charge in [-0.2, -0.15) is 5.10 Å². The van der Waals surface area contributed by atoms with Gasteiger partial charge in [0.1, 0.15) is 10.7 Å². The number of hydrogen-bond acceptors (Lipinski definition) is 7. The molecule has 0 bridgehead atoms. The number of esters is 1. The predicted octanol–water partition coefficient (Wildman–Crippen LogP) is 3.93. The summed E-state index contributed by atoms with van der Waals surface area (Å²) in [6, 6.07) is 10.9. The molecule has 0 radical (unpaired) electrons. The van der Waals surface area contributed by atoms with Gasteiger partial charge in [0, 0.05) is 11.6 Å². The number of hydrogen-bond donors (Lipinski definition) is 1. The molecule has 10 heteroatoms. The standard InChI is InChI=1S/C24H22ClN3O6/c1-13-4-6-16(7-5-13)10-28-23(25)22(14(2)27-28)24(31)32-11-21(30)26-18-9-20-19(33-12-34-20)8-17(18)15(3)29/h4-9H,10-12H2,1-3H3,(H,26,30). The van der Waals surface area contributed by atoms with Gasteiger partial charge in [-0.1, -0.05) is 41.4 Å². The van der Waals surface area contributed by atoms with Gasteiger partial charge in [-0.3, -0.25) is 9.59 Å². The van der Waals surface area contributed by atoms with Crippen LogP contribution in [0.2, 0.25) is 5.15 Å². The number of amides is 1. The van der Waals surface area contributed by atoms with Gasteiger partial charge in [-0.25, -0.2) is 9.48 Å². The van der Waals surface area contributed by atoms with Crippen LogP contribution >= 0.6 is 11.6 Å². The van der Waals surface area contributed by atoms with Crippen molar-refractivity contribution in [3.63, 3.8) is 0 Å². The van der Waals surface area contributed by atoms with E-state index < -0.39 is 18.5 Å². The van der Waals surface area contributed by atoms with Crippen molar-refractivity contribution in [1.82, 2.24) is 9.78 Å². The fourth-order valence-electron chi connectivity index (χ4n) is 3.48. The topological polar surface area (TPSA) is 109 Å². The maximum absolute atomic E-state index is 12.7. The number of nitrogens with one attached hydrogen (secondary N) is 1. The maximum atomic E-state index is 12.7. The molecule has 0 spiro atoms. The van der Waals surface area contributed by atoms with E-state index in [2.05, 4.69) is 10.4 Å². The lowest BCUT2D eigenvalue weighted by Gasteiger charge is -2.11. The van der Waals surface area contributed by atoms with Crippen LogP contribution in [0, 0.1) is 13.8 Å². The molecule has 1 aromatic heterocycles. The predicted molar refractivity (Wildman–Crippen MR) is 124 cm³/mol. The Bertz CT molecular complexity index is 1280. The molecule has 4 rings (SSSR count). The lowest BCUT2D eigenvalue weighted by Crippen LogP contribution is -2.22. The molecule has 2 aromatic carbocycles. The third-order valence-electron chi connectivity index (χ3n) is 5.22. The third-order valence-corrected chi connectivity index (χ3v) is 5.61. The number of carbonyl (C=O) groups is 3. The Morgan fingerprint density at radius 2 is 1.79 bits per heavy atom. The first-order valence-electron chi connectivity index (χ1n) is 10.4. The highest BCUT2D eigenvalue weighted by atomic mass is 35.5. The van der Waals surface area contributed by atoms with Crippen LogP contribution in [0.15, 0.2) is 36.4 Å². The highest BCUT2D eigenvalue weighted by Crippen LogP contribution is 2.37. The summed E-state index contributed by atoms with van der Waals surface area (Å²) in [6.45, 7) is 4.83. The quantitative estimate of drug-likeness (QED) is 0.400. The minimum absolute atomic E-state index is 0.0272. The van der Waals surface area contributed by atoms with Crippen molar-refractivity contribution in [2.45, 2.75) is 27.3 Å². The van der Waals surface area contributed by atoms with Gasteiger partial charge in [-0.05, 0) is 32.4 Å². The van der Waals surface area contributed by atoms with Crippen molar-refractivity contribution in [3.8, 4) is 11.5 Å². The number of carbonyl (C=O) groups excluding carboxylic acids is 3. The zero-order valence-electron chi connectivity index (χ0n) is 18.8. The van der Waals surface area contributed by atoms with Crippen LogP contribution in [0.3, 0.4) is 0 Å². The second-order valence-electron chi connectivity index (χ2n) is 7.83. The Hall–Kier alpha value is -3.85. The van der Waals surface area contributed by atoms with E-state index in [1.807, 2.05) is 31.2 Å². The lowest BCUT2D eigenvalue weighted by molar-refractivity contribution is -0.119. The highest BCUT2D eigenvalue weighted by molar-refractivity contribution is 6.32. The molecule has 0 saturated heterocycles. The van der Waals surface area contributed by atoms with E-state index in [9.17, 15) is 14.4 Å². The van der Waals surface area contributed by atoms with E-state index in [4.69, 9.17) is 25.8 Å². The number of anilines is 1. The molecule has 0 saturated carbocycles. The molecule has 0 fully saturated rings. The summed E-state index contributed by atoms with van der Waals surface area (Å²) >= 11 is 6.40. The number of fused-ring (bicyclic) bond motifs is 1. The van der Waals surface area contributed by atoms with Gasteiger partial charge in [0.2, 0.25) is 6.79 Å². The van der Waals surface area contributed by atoms with Crippen LogP contribution in [0.25, 0.3) is 0 Å². The summed E-state index contributed by atoms with van der Waals surface area (Å²) in [6.07, 6.45) is 0. The number of Topliss-reactive ketones (excluding diaryl/α,β-unsaturated/α-hetero) is 1. The van der Waals surface area contributed by atoms with Gasteiger partial charge in [0.15, 0.2) is 23.9 Å². The zero-order valence-corrected chi connectivity index (χ0v) is 19.6. The molecule has 1 aliphatic rings. The number of aryl methyl sites for hydroxylation is 2. The average molecular weight is 484 g/mol. The van der Waals surface area contributed by atoms with E-state index in [1.165, 1.54) is 23.7 Å². The van der Waals surface area contributed by atoms with Crippen LogP contribution < -0.4 is 14.8 Å². The molecule has 1 amide bonds. The molecule has 1 N–H and O–H groups in total. The van der Waals surface area contributed by atoms with Crippen molar-refractivity contribution < 1.29 is 28.6 Å². The molecular weight excluding hydrogens is 462 g/mol. The summed E-state index contributed by atoms with van der Waals surface area (Å²) in [4.78, 5) is 37.1. The van der Waals surface area contributed by atoms with Crippen LogP contribution in [0.1, 0.15) is 44.5 Å². The van der Waals surface area contributed by atoms with E-state index in [1.54, 1.807) is 6.92 Å². The van der Waals surface area contributed by atoms with E-state index in [0.717, 1.165) is 11.1 Å². The molecule has 9 nitrogen and oxygen atoms in total. The van der Waals surface area contributed by atoms with E-state index >= 15 is 0 Å². The van der Waals surface area contributed by atoms with Gasteiger partial charge in [0.05, 0.1) is 17.9 Å². The van der Waals surface area contributed by atoms with Crippen LogP contribution in [0.5, 0.6) is 11.5 Å². The highest BCUT2D eigenvalue weighted by Gasteiger charge is 2.24. The van der Waals surface area contributed by atoms with Crippen LogP contribution in [-0.4, -0.2) is 40.8 Å². The number of aromatic nitrogens is 2. The smallest absolute Gasteiger partial charge is 0.343 e. The molecule has 3 aromatic rings. The average Bonchev–Trinajstić information content (AvgIpc) is 3.36. The summed E-state index contributed by atoms with van der Waals surface area (Å²) in [7, 11) is 0. The Labute approximate surface area is 200 Å². The first kappa shape index (κ1) is 23.3. The monoisotopic (exact) mass is 483 g/mol. The molecule has 0 unspecified atom stereocenters. The van der Waals surface area contributed by atoms with Crippen molar-refractivity contribution >= 4 is 34.9 Å². The molecule has 0 aliphatic carbocycles. The van der Waals surface area contributed by atoms with Crippen LogP contribution in [-0.2, 0) is 16.1 Å². The first-order chi connectivity index (χ1) is 16.2. The molecule has 34 heavy (non-hydrogen) atoms. The Morgan fingerprint density at radius 1 is 1.12 bits per heavy atom. The SMILES string of the molecule is CC(=O)c1cc2c(cc1NC(=O)COC(=O)c1c(C)nn(Cc3ccc(C)cc3)c1Cl)OCO2. The molecule has 2 heterocycles. The number of halogens is 1. The number of ketones is 1. The largest absolute Gasteiger partial charge is 0.454 e. The third kappa shape index (κ3) is 4.89. The van der Waals surface area contributed by atoms with Gasteiger partial charge in [0.25, 0.3) is 5.91 Å². The molecule has 1 aliphatic heterocycles. The molecule has 176 valence electrons. The second kappa shape index (κ2) is 9.56. The normalized spacial score (nSPS) is 11.9.